The number of hydrogen-bond donors (Lipinski definition) is 1. The van der Waals surface area contributed by atoms with E-state index >= 15 is 0 Å². The van der Waals surface area contributed by atoms with Crippen LogP contribution in [0.25, 0.3) is 0 Å². The molecule has 0 radical (unpaired) electrons. The van der Waals surface area contributed by atoms with Crippen LogP contribution in [0.1, 0.15) is 53.8 Å². The van der Waals surface area contributed by atoms with Crippen LogP contribution in [0.2, 0.25) is 0 Å². The Morgan fingerprint density at radius 1 is 0.795 bits per heavy atom. The maximum Gasteiger partial charge on any atom is 0.334 e. The standard InChI is InChI=1S/C27H31N2O9P/c1-19(30)21-3-7-23(8-4-21)36-15-17-39(35,18-16-37-24-9-5-22(6-10-24)20(2)31)28-14-13-27(34)38-29-25(32)11-12-26(29)33/h3-10H,11-18H2,1-2H3,(H,28,35). The van der Waals surface area contributed by atoms with E-state index in [1.165, 1.54) is 13.8 Å². The molecule has 0 aromatic heterocycles. The number of rotatable bonds is 15. The van der Waals surface area contributed by atoms with Gasteiger partial charge in [0.05, 0.1) is 19.6 Å². The third-order valence-electron chi connectivity index (χ3n) is 5.89. The van der Waals surface area contributed by atoms with Gasteiger partial charge in [-0.2, -0.15) is 0 Å². The molecule has 39 heavy (non-hydrogen) atoms. The monoisotopic (exact) mass is 558 g/mol. The fourth-order valence-corrected chi connectivity index (χ4v) is 5.46. The quantitative estimate of drug-likeness (QED) is 0.196. The molecular weight excluding hydrogens is 527 g/mol. The number of carbonyl (C=O) groups is 5. The molecule has 0 atom stereocenters. The highest BCUT2D eigenvalue weighted by molar-refractivity contribution is 7.61. The van der Waals surface area contributed by atoms with Crippen molar-refractivity contribution in [2.45, 2.75) is 33.1 Å². The lowest BCUT2D eigenvalue weighted by Crippen LogP contribution is -2.33. The summed E-state index contributed by atoms with van der Waals surface area (Å²) in [6.45, 7) is 3.10. The molecule has 1 aliphatic heterocycles. The Morgan fingerprint density at radius 3 is 1.64 bits per heavy atom. The molecule has 1 N–H and O–H groups in total. The van der Waals surface area contributed by atoms with Crippen molar-refractivity contribution in [2.24, 2.45) is 0 Å². The minimum Gasteiger partial charge on any atom is -0.493 e. The predicted molar refractivity (Wildman–Crippen MR) is 141 cm³/mol. The Morgan fingerprint density at radius 2 is 1.23 bits per heavy atom. The van der Waals surface area contributed by atoms with Gasteiger partial charge in [-0.1, -0.05) is 0 Å². The molecule has 0 unspecified atom stereocenters. The molecule has 11 nitrogen and oxygen atoms in total. The average Bonchev–Trinajstić information content (AvgIpc) is 3.21. The van der Waals surface area contributed by atoms with Crippen molar-refractivity contribution in [1.29, 1.82) is 0 Å². The fourth-order valence-electron chi connectivity index (χ4n) is 3.63. The first-order chi connectivity index (χ1) is 18.6. The van der Waals surface area contributed by atoms with Gasteiger partial charge in [0.15, 0.2) is 18.9 Å². The number of ketones is 2. The zero-order valence-corrected chi connectivity index (χ0v) is 22.7. The van der Waals surface area contributed by atoms with E-state index < -0.39 is 25.1 Å². The van der Waals surface area contributed by atoms with Gasteiger partial charge in [0.25, 0.3) is 11.8 Å². The molecule has 1 fully saturated rings. The summed E-state index contributed by atoms with van der Waals surface area (Å²) in [5.41, 5.74) is 1.10. The summed E-state index contributed by atoms with van der Waals surface area (Å²) in [6.07, 6.45) is 0.00328. The Balaban J connectivity index is 1.55. The van der Waals surface area contributed by atoms with Crippen molar-refractivity contribution in [2.75, 3.05) is 32.1 Å². The Kier molecular flexibility index (Phi) is 10.5. The van der Waals surface area contributed by atoms with Crippen LogP contribution in [0.5, 0.6) is 11.5 Å². The minimum absolute atomic E-state index is 0.00543. The summed E-state index contributed by atoms with van der Waals surface area (Å²) in [5, 5.41) is 3.38. The molecule has 12 heteroatoms. The van der Waals surface area contributed by atoms with E-state index in [2.05, 4.69) is 5.09 Å². The number of amides is 2. The van der Waals surface area contributed by atoms with Crippen LogP contribution in [0.4, 0.5) is 0 Å². The summed E-state index contributed by atoms with van der Waals surface area (Å²) in [5.74, 6) is -1.07. The van der Waals surface area contributed by atoms with Crippen molar-refractivity contribution >= 4 is 36.6 Å². The summed E-state index contributed by atoms with van der Waals surface area (Å²) < 4.78 is 25.1. The number of nitrogens with one attached hydrogen (secondary N) is 1. The zero-order valence-electron chi connectivity index (χ0n) is 21.8. The highest BCUT2D eigenvalue weighted by atomic mass is 31.2. The lowest BCUT2D eigenvalue weighted by molar-refractivity contribution is -0.197. The number of hydroxylamine groups is 2. The molecule has 208 valence electrons. The lowest BCUT2D eigenvalue weighted by atomic mass is 10.1. The molecular formula is C27H31N2O9P. The molecule has 2 aromatic rings. The Bertz CT molecular complexity index is 1180. The van der Waals surface area contributed by atoms with Crippen LogP contribution in [0.3, 0.4) is 0 Å². The number of benzene rings is 2. The van der Waals surface area contributed by atoms with Crippen LogP contribution in [-0.4, -0.2) is 66.5 Å². The molecule has 0 bridgehead atoms. The van der Waals surface area contributed by atoms with Crippen LogP contribution >= 0.6 is 7.29 Å². The summed E-state index contributed by atoms with van der Waals surface area (Å²) in [7, 11) is -3.12. The van der Waals surface area contributed by atoms with Gasteiger partial charge in [-0.05, 0) is 62.4 Å². The normalized spacial score (nSPS) is 13.3. The second-order valence-corrected chi connectivity index (χ2v) is 11.9. The summed E-state index contributed by atoms with van der Waals surface area (Å²) in [4.78, 5) is 63.1. The van der Waals surface area contributed by atoms with Crippen LogP contribution < -0.4 is 14.6 Å². The number of hydrogen-bond acceptors (Lipinski definition) is 9. The van der Waals surface area contributed by atoms with E-state index in [9.17, 15) is 28.5 Å². The number of ether oxygens (including phenoxy) is 2. The predicted octanol–water partition coefficient (Wildman–Crippen LogP) is 3.41. The van der Waals surface area contributed by atoms with Gasteiger partial charge >= 0.3 is 5.97 Å². The van der Waals surface area contributed by atoms with Gasteiger partial charge in [-0.3, -0.25) is 24.3 Å². The van der Waals surface area contributed by atoms with Crippen molar-refractivity contribution in [1.82, 2.24) is 10.2 Å². The Hall–Kier alpha value is -3.82. The number of imide groups is 1. The summed E-state index contributed by atoms with van der Waals surface area (Å²) in [6, 6.07) is 13.2. The average molecular weight is 559 g/mol. The van der Waals surface area contributed by atoms with Gasteiger partial charge in [-0.15, -0.1) is 5.06 Å². The van der Waals surface area contributed by atoms with E-state index in [1.54, 1.807) is 48.5 Å². The second-order valence-electron chi connectivity index (χ2n) is 8.90. The largest absolute Gasteiger partial charge is 0.493 e. The topological polar surface area (TPSA) is 145 Å². The third kappa shape index (κ3) is 9.15. The Labute approximate surface area is 226 Å². The van der Waals surface area contributed by atoms with Crippen LogP contribution in [-0.2, 0) is 23.8 Å². The van der Waals surface area contributed by atoms with E-state index in [-0.39, 0.29) is 62.9 Å². The molecule has 2 aromatic carbocycles. The van der Waals surface area contributed by atoms with Crippen LogP contribution in [0.15, 0.2) is 48.5 Å². The maximum atomic E-state index is 13.7. The second kappa shape index (κ2) is 13.8. The first kappa shape index (κ1) is 29.7. The number of nitrogens with zero attached hydrogens (tertiary/aromatic N) is 1. The van der Waals surface area contributed by atoms with Gasteiger partial charge < -0.3 is 18.9 Å². The molecule has 0 spiro atoms. The molecule has 0 saturated carbocycles. The van der Waals surface area contributed by atoms with Crippen molar-refractivity contribution < 1.29 is 42.8 Å². The minimum atomic E-state index is -3.12. The highest BCUT2D eigenvalue weighted by Crippen LogP contribution is 2.40. The van der Waals surface area contributed by atoms with Crippen molar-refractivity contribution in [3.05, 3.63) is 59.7 Å². The van der Waals surface area contributed by atoms with Crippen LogP contribution in [0, 0.1) is 0 Å². The first-order valence-corrected chi connectivity index (χ1v) is 14.5. The number of carbonyl (C=O) groups excluding carboxylic acids is 5. The lowest BCUT2D eigenvalue weighted by Gasteiger charge is -2.20. The molecule has 1 aliphatic rings. The van der Waals surface area contributed by atoms with E-state index in [0.29, 0.717) is 27.7 Å². The maximum absolute atomic E-state index is 13.7. The molecule has 1 saturated heterocycles. The van der Waals surface area contributed by atoms with Crippen molar-refractivity contribution in [3.8, 4) is 11.5 Å². The van der Waals surface area contributed by atoms with Gasteiger partial charge in [-0.25, -0.2) is 4.79 Å². The highest BCUT2D eigenvalue weighted by Gasteiger charge is 2.33. The SMILES string of the molecule is CC(=O)c1ccc(OCCP(=O)(CCOc2ccc(C(C)=O)cc2)NCCC(=O)ON2C(=O)CCC2=O)cc1. The van der Waals surface area contributed by atoms with Gasteiger partial charge in [0.2, 0.25) is 0 Å². The molecule has 0 aliphatic carbocycles. The zero-order chi connectivity index (χ0) is 28.4. The van der Waals surface area contributed by atoms with E-state index in [0.717, 1.165) is 0 Å². The van der Waals surface area contributed by atoms with Gasteiger partial charge in [0.1, 0.15) is 11.5 Å². The first-order valence-electron chi connectivity index (χ1n) is 12.4. The third-order valence-corrected chi connectivity index (χ3v) is 8.50. The van der Waals surface area contributed by atoms with Gasteiger partial charge in [0, 0.05) is 42.8 Å². The smallest absolute Gasteiger partial charge is 0.334 e. The number of Topliss-reactive ketones (excluding diaryl/α,β-unsaturated/α-hetero) is 2. The van der Waals surface area contributed by atoms with E-state index in [1.807, 2.05) is 0 Å². The van der Waals surface area contributed by atoms with E-state index in [4.69, 9.17) is 14.3 Å². The van der Waals surface area contributed by atoms with Crippen molar-refractivity contribution in [3.63, 3.8) is 0 Å². The molecule has 3 rings (SSSR count). The molecule has 1 heterocycles. The summed E-state index contributed by atoms with van der Waals surface area (Å²) >= 11 is 0. The fraction of sp³-hybridized carbons (Fsp3) is 0.370. The molecule has 2 amide bonds.